The molecule has 4 heteroatoms. The van der Waals surface area contributed by atoms with Crippen molar-refractivity contribution in [2.24, 2.45) is 0 Å². The molecule has 2 aliphatic rings. The number of fused-ring (bicyclic) bond motifs is 4. The van der Waals surface area contributed by atoms with Crippen molar-refractivity contribution in [2.75, 3.05) is 19.8 Å². The fourth-order valence-electron chi connectivity index (χ4n) is 5.06. The zero-order valence-electron chi connectivity index (χ0n) is 16.8. The molecular formula is C26H25NO3. The first kappa shape index (κ1) is 18.9. The molecule has 3 aromatic rings. The summed E-state index contributed by atoms with van der Waals surface area (Å²) >= 11 is 0. The third kappa shape index (κ3) is 3.08. The van der Waals surface area contributed by atoms with Gasteiger partial charge in [-0.1, -0.05) is 72.8 Å². The van der Waals surface area contributed by atoms with Crippen molar-refractivity contribution >= 4 is 6.09 Å². The molecule has 2 N–H and O–H groups in total. The van der Waals surface area contributed by atoms with E-state index in [9.17, 15) is 9.90 Å². The van der Waals surface area contributed by atoms with Crippen LogP contribution in [0.3, 0.4) is 0 Å². The Balaban J connectivity index is 1.26. The molecule has 0 saturated carbocycles. The van der Waals surface area contributed by atoms with Crippen LogP contribution < -0.4 is 5.32 Å². The van der Waals surface area contributed by atoms with Gasteiger partial charge in [0, 0.05) is 17.9 Å². The monoisotopic (exact) mass is 399 g/mol. The molecule has 1 amide bonds. The lowest BCUT2D eigenvalue weighted by atomic mass is 9.82. The molecule has 0 saturated heterocycles. The SMILES string of the molecule is O=C(NCC1(CO)CCc2ccccc21)OCC1c2ccccc2-c2ccccc21. The van der Waals surface area contributed by atoms with Crippen LogP contribution >= 0.6 is 0 Å². The van der Waals surface area contributed by atoms with E-state index < -0.39 is 11.5 Å². The van der Waals surface area contributed by atoms with Gasteiger partial charge in [-0.2, -0.15) is 0 Å². The maximum absolute atomic E-state index is 12.5. The Labute approximate surface area is 176 Å². The Hall–Kier alpha value is -3.11. The molecule has 1 unspecified atom stereocenters. The van der Waals surface area contributed by atoms with Crippen molar-refractivity contribution in [2.45, 2.75) is 24.2 Å². The first-order chi connectivity index (χ1) is 14.7. The van der Waals surface area contributed by atoms with Crippen LogP contribution in [0.1, 0.15) is 34.6 Å². The number of hydrogen-bond acceptors (Lipinski definition) is 3. The van der Waals surface area contributed by atoms with Crippen molar-refractivity contribution in [1.82, 2.24) is 5.32 Å². The fourth-order valence-corrected chi connectivity index (χ4v) is 5.06. The van der Waals surface area contributed by atoms with Gasteiger partial charge in [-0.3, -0.25) is 0 Å². The van der Waals surface area contributed by atoms with E-state index >= 15 is 0 Å². The summed E-state index contributed by atoms with van der Waals surface area (Å²) < 4.78 is 5.65. The number of nitrogens with one attached hydrogen (secondary N) is 1. The summed E-state index contributed by atoms with van der Waals surface area (Å²) in [6, 6.07) is 24.8. The lowest BCUT2D eigenvalue weighted by Gasteiger charge is -2.28. The number of aliphatic hydroxyl groups excluding tert-OH is 1. The van der Waals surface area contributed by atoms with Gasteiger partial charge < -0.3 is 15.2 Å². The van der Waals surface area contributed by atoms with Gasteiger partial charge in [-0.25, -0.2) is 4.79 Å². The number of amides is 1. The summed E-state index contributed by atoms with van der Waals surface area (Å²) in [6.45, 7) is 0.674. The third-order valence-corrected chi connectivity index (χ3v) is 6.68. The zero-order valence-corrected chi connectivity index (χ0v) is 16.8. The molecule has 0 bridgehead atoms. The minimum Gasteiger partial charge on any atom is -0.449 e. The topological polar surface area (TPSA) is 58.6 Å². The Kier molecular flexibility index (Phi) is 4.80. The van der Waals surface area contributed by atoms with E-state index in [2.05, 4.69) is 41.7 Å². The molecule has 5 rings (SSSR count). The first-order valence-electron chi connectivity index (χ1n) is 10.5. The fraction of sp³-hybridized carbons (Fsp3) is 0.269. The van der Waals surface area contributed by atoms with Crippen LogP contribution in [0.25, 0.3) is 11.1 Å². The van der Waals surface area contributed by atoms with Gasteiger partial charge in [0.2, 0.25) is 0 Å². The number of carbonyl (C=O) groups excluding carboxylic acids is 1. The summed E-state index contributed by atoms with van der Waals surface area (Å²) in [4.78, 5) is 12.5. The minimum absolute atomic E-state index is 0.00761. The van der Waals surface area contributed by atoms with Crippen LogP contribution in [-0.2, 0) is 16.6 Å². The second kappa shape index (κ2) is 7.62. The Morgan fingerprint density at radius 2 is 1.60 bits per heavy atom. The average molecular weight is 399 g/mol. The van der Waals surface area contributed by atoms with Gasteiger partial charge in [-0.15, -0.1) is 0 Å². The van der Waals surface area contributed by atoms with E-state index in [1.807, 2.05) is 36.4 Å². The van der Waals surface area contributed by atoms with Crippen LogP contribution in [-0.4, -0.2) is 31.0 Å². The van der Waals surface area contributed by atoms with Crippen LogP contribution in [0.2, 0.25) is 0 Å². The highest BCUT2D eigenvalue weighted by molar-refractivity contribution is 5.79. The molecule has 2 aliphatic carbocycles. The number of aliphatic hydroxyl groups is 1. The molecule has 0 aromatic heterocycles. The second-order valence-electron chi connectivity index (χ2n) is 8.27. The van der Waals surface area contributed by atoms with Gasteiger partial charge >= 0.3 is 6.09 Å². The van der Waals surface area contributed by atoms with E-state index in [1.54, 1.807) is 0 Å². The van der Waals surface area contributed by atoms with Crippen LogP contribution in [0, 0.1) is 0 Å². The summed E-state index contributed by atoms with van der Waals surface area (Å²) in [7, 11) is 0. The van der Waals surface area contributed by atoms with Crippen molar-refractivity contribution in [3.05, 3.63) is 95.1 Å². The van der Waals surface area contributed by atoms with Gasteiger partial charge in [0.1, 0.15) is 6.61 Å². The normalized spacial score (nSPS) is 19.1. The highest BCUT2D eigenvalue weighted by atomic mass is 16.5. The van der Waals surface area contributed by atoms with Crippen LogP contribution in [0.4, 0.5) is 4.79 Å². The molecule has 0 fully saturated rings. The van der Waals surface area contributed by atoms with Crippen molar-refractivity contribution in [1.29, 1.82) is 0 Å². The van der Waals surface area contributed by atoms with E-state index in [1.165, 1.54) is 27.8 Å². The highest BCUT2D eigenvalue weighted by Gasteiger charge is 2.38. The summed E-state index contributed by atoms with van der Waals surface area (Å²) in [5.74, 6) is 0.0437. The number of benzene rings is 3. The van der Waals surface area contributed by atoms with Crippen molar-refractivity contribution in [3.8, 4) is 11.1 Å². The van der Waals surface area contributed by atoms with Gasteiger partial charge in [-0.05, 0) is 46.2 Å². The number of rotatable bonds is 5. The number of carbonyl (C=O) groups is 1. The molecule has 30 heavy (non-hydrogen) atoms. The molecule has 0 radical (unpaired) electrons. The first-order valence-corrected chi connectivity index (χ1v) is 10.5. The third-order valence-electron chi connectivity index (χ3n) is 6.68. The standard InChI is InChI=1S/C26H25NO3/c28-17-26(14-13-18-7-1-6-12-24(18)26)16-27-25(29)30-15-23-21-10-4-2-8-19(21)20-9-3-5-11-22(20)23/h1-12,23,28H,13-17H2,(H,27,29). The maximum atomic E-state index is 12.5. The molecule has 4 nitrogen and oxygen atoms in total. The molecule has 0 spiro atoms. The second-order valence-corrected chi connectivity index (χ2v) is 8.27. The van der Waals surface area contributed by atoms with Gasteiger partial charge in [0.15, 0.2) is 0 Å². The molecular weight excluding hydrogens is 374 g/mol. The number of hydrogen-bond donors (Lipinski definition) is 2. The summed E-state index contributed by atoms with van der Waals surface area (Å²) in [5, 5.41) is 13.0. The van der Waals surface area contributed by atoms with E-state index in [4.69, 9.17) is 4.74 Å². The quantitative estimate of drug-likeness (QED) is 0.669. The smallest absolute Gasteiger partial charge is 0.407 e. The average Bonchev–Trinajstić information content (AvgIpc) is 3.33. The predicted molar refractivity (Wildman–Crippen MR) is 117 cm³/mol. The molecule has 152 valence electrons. The lowest BCUT2D eigenvalue weighted by molar-refractivity contribution is 0.134. The Morgan fingerprint density at radius 1 is 0.967 bits per heavy atom. The maximum Gasteiger partial charge on any atom is 0.407 e. The predicted octanol–water partition coefficient (Wildman–Crippen LogP) is 4.40. The molecule has 1 atom stereocenters. The Bertz CT molecular complexity index is 1050. The highest BCUT2D eigenvalue weighted by Crippen LogP contribution is 2.44. The minimum atomic E-state index is -0.436. The Morgan fingerprint density at radius 3 is 2.30 bits per heavy atom. The number of alkyl carbamates (subject to hydrolysis) is 1. The number of aryl methyl sites for hydroxylation is 1. The summed E-state index contributed by atoms with van der Waals surface area (Å²) in [5.41, 5.74) is 6.77. The van der Waals surface area contributed by atoms with Crippen molar-refractivity contribution < 1.29 is 14.6 Å². The largest absolute Gasteiger partial charge is 0.449 e. The van der Waals surface area contributed by atoms with Gasteiger partial charge in [0.05, 0.1) is 6.61 Å². The molecule has 0 aliphatic heterocycles. The van der Waals surface area contributed by atoms with Gasteiger partial charge in [0.25, 0.3) is 0 Å². The molecule has 0 heterocycles. The number of ether oxygens (including phenoxy) is 1. The summed E-state index contributed by atoms with van der Waals surface area (Å²) in [6.07, 6.45) is 1.31. The van der Waals surface area contributed by atoms with Crippen LogP contribution in [0.15, 0.2) is 72.8 Å². The van der Waals surface area contributed by atoms with E-state index in [0.717, 1.165) is 18.4 Å². The van der Waals surface area contributed by atoms with Crippen molar-refractivity contribution in [3.63, 3.8) is 0 Å². The van der Waals surface area contributed by atoms with E-state index in [-0.39, 0.29) is 12.5 Å². The zero-order chi connectivity index (χ0) is 20.6. The van der Waals surface area contributed by atoms with Crippen LogP contribution in [0.5, 0.6) is 0 Å². The molecule has 3 aromatic carbocycles. The van der Waals surface area contributed by atoms with E-state index in [0.29, 0.717) is 13.2 Å². The lowest BCUT2D eigenvalue weighted by Crippen LogP contribution is -2.42.